The maximum absolute atomic E-state index is 13.2. The quantitative estimate of drug-likeness (QED) is 0.684. The Labute approximate surface area is 92.2 Å². The van der Waals surface area contributed by atoms with E-state index in [1.54, 1.807) is 6.07 Å². The van der Waals surface area contributed by atoms with Crippen molar-refractivity contribution in [3.63, 3.8) is 0 Å². The Bertz CT molecular complexity index is 367. The molecule has 0 aliphatic carbocycles. The molecule has 15 heavy (non-hydrogen) atoms. The predicted molar refractivity (Wildman–Crippen MR) is 56.7 cm³/mol. The number of nitrogens with one attached hydrogen (secondary N) is 2. The molecule has 1 saturated heterocycles. The summed E-state index contributed by atoms with van der Waals surface area (Å²) in [6.45, 7) is 2.33. The Morgan fingerprint density at radius 1 is 1.40 bits per heavy atom. The van der Waals surface area contributed by atoms with Crippen LogP contribution < -0.4 is 10.6 Å². The molecule has 0 unspecified atom stereocenters. The average molecular weight is 231 g/mol. The molecule has 5 heteroatoms. The number of rotatable bonds is 1. The van der Waals surface area contributed by atoms with E-state index in [1.165, 1.54) is 0 Å². The number of benzene rings is 1. The molecule has 0 aromatic heterocycles. The van der Waals surface area contributed by atoms with Crippen molar-refractivity contribution in [2.24, 2.45) is 0 Å². The predicted octanol–water partition coefficient (Wildman–Crippen LogP) is 1.42. The number of hydrogen-bond acceptors (Lipinski definition) is 3. The minimum Gasteiger partial charge on any atom is -0.505 e. The van der Waals surface area contributed by atoms with Crippen molar-refractivity contribution in [2.45, 2.75) is 6.04 Å². The van der Waals surface area contributed by atoms with E-state index in [1.807, 2.05) is 0 Å². The molecule has 0 radical (unpaired) electrons. The van der Waals surface area contributed by atoms with Gasteiger partial charge >= 0.3 is 0 Å². The Balaban J connectivity index is 2.33. The van der Waals surface area contributed by atoms with Crippen molar-refractivity contribution in [2.75, 3.05) is 19.6 Å². The Kier molecular flexibility index (Phi) is 3.09. The SMILES string of the molecule is Oc1c(F)cc(Cl)cc1[C@@H]1CNCCN1. The van der Waals surface area contributed by atoms with Crippen LogP contribution in [0.3, 0.4) is 0 Å². The van der Waals surface area contributed by atoms with Crippen LogP contribution in [0.1, 0.15) is 11.6 Å². The first-order valence-corrected chi connectivity index (χ1v) is 5.18. The molecule has 3 nitrogen and oxygen atoms in total. The number of aromatic hydroxyl groups is 1. The van der Waals surface area contributed by atoms with E-state index >= 15 is 0 Å². The number of phenolic OH excluding ortho intramolecular Hbond substituents is 1. The minimum absolute atomic E-state index is 0.0908. The third-order valence-electron chi connectivity index (χ3n) is 2.47. The number of phenols is 1. The molecule has 1 heterocycles. The molecule has 1 atom stereocenters. The van der Waals surface area contributed by atoms with Crippen LogP contribution in [-0.2, 0) is 0 Å². The highest BCUT2D eigenvalue weighted by molar-refractivity contribution is 6.30. The van der Waals surface area contributed by atoms with E-state index in [0.29, 0.717) is 17.1 Å². The van der Waals surface area contributed by atoms with Crippen LogP contribution in [0, 0.1) is 5.82 Å². The van der Waals surface area contributed by atoms with Gasteiger partial charge in [0, 0.05) is 36.3 Å². The summed E-state index contributed by atoms with van der Waals surface area (Å²) in [6, 6.07) is 2.60. The van der Waals surface area contributed by atoms with Crippen molar-refractivity contribution in [1.29, 1.82) is 0 Å². The summed E-state index contributed by atoms with van der Waals surface area (Å²) < 4.78 is 13.2. The summed E-state index contributed by atoms with van der Waals surface area (Å²) in [5, 5.41) is 16.2. The average Bonchev–Trinajstić information content (AvgIpc) is 2.24. The molecule has 1 aliphatic heterocycles. The Morgan fingerprint density at radius 3 is 2.87 bits per heavy atom. The monoisotopic (exact) mass is 230 g/mol. The first-order valence-electron chi connectivity index (χ1n) is 4.80. The van der Waals surface area contributed by atoms with Crippen molar-refractivity contribution in [1.82, 2.24) is 10.6 Å². The maximum Gasteiger partial charge on any atom is 0.166 e. The molecule has 2 rings (SSSR count). The van der Waals surface area contributed by atoms with Gasteiger partial charge in [-0.2, -0.15) is 0 Å². The van der Waals surface area contributed by atoms with E-state index in [2.05, 4.69) is 10.6 Å². The largest absolute Gasteiger partial charge is 0.505 e. The fourth-order valence-corrected chi connectivity index (χ4v) is 1.94. The molecule has 1 aliphatic rings. The number of piperazine rings is 1. The first-order chi connectivity index (χ1) is 7.18. The maximum atomic E-state index is 13.2. The van der Waals surface area contributed by atoms with Crippen LogP contribution in [-0.4, -0.2) is 24.7 Å². The van der Waals surface area contributed by atoms with Gasteiger partial charge in [-0.05, 0) is 12.1 Å². The van der Waals surface area contributed by atoms with Gasteiger partial charge in [-0.25, -0.2) is 4.39 Å². The van der Waals surface area contributed by atoms with Gasteiger partial charge in [0.15, 0.2) is 11.6 Å². The molecule has 1 fully saturated rings. The fourth-order valence-electron chi connectivity index (χ4n) is 1.72. The van der Waals surface area contributed by atoms with E-state index in [-0.39, 0.29) is 11.8 Å². The van der Waals surface area contributed by atoms with Crippen LogP contribution >= 0.6 is 11.6 Å². The lowest BCUT2D eigenvalue weighted by molar-refractivity contribution is 0.387. The summed E-state index contributed by atoms with van der Waals surface area (Å²) in [5.74, 6) is -0.995. The Morgan fingerprint density at radius 2 is 2.20 bits per heavy atom. The molecular weight excluding hydrogens is 219 g/mol. The lowest BCUT2D eigenvalue weighted by Crippen LogP contribution is -2.42. The van der Waals surface area contributed by atoms with E-state index in [0.717, 1.165) is 19.2 Å². The number of halogens is 2. The zero-order valence-electron chi connectivity index (χ0n) is 8.06. The topological polar surface area (TPSA) is 44.3 Å². The van der Waals surface area contributed by atoms with Gasteiger partial charge in [0.25, 0.3) is 0 Å². The molecule has 0 amide bonds. The van der Waals surface area contributed by atoms with E-state index in [9.17, 15) is 9.50 Å². The zero-order valence-corrected chi connectivity index (χ0v) is 8.81. The second kappa shape index (κ2) is 4.35. The first kappa shape index (κ1) is 10.7. The van der Waals surface area contributed by atoms with Gasteiger partial charge in [-0.15, -0.1) is 0 Å². The lowest BCUT2D eigenvalue weighted by atomic mass is 10.0. The molecule has 82 valence electrons. The molecule has 0 bridgehead atoms. The third-order valence-corrected chi connectivity index (χ3v) is 2.69. The summed E-state index contributed by atoms with van der Waals surface area (Å²) in [5.41, 5.74) is 0.507. The van der Waals surface area contributed by atoms with Crippen molar-refractivity contribution in [3.8, 4) is 5.75 Å². The van der Waals surface area contributed by atoms with E-state index in [4.69, 9.17) is 11.6 Å². The van der Waals surface area contributed by atoms with Crippen LogP contribution in [0.2, 0.25) is 5.02 Å². The molecule has 0 saturated carbocycles. The smallest absolute Gasteiger partial charge is 0.166 e. The van der Waals surface area contributed by atoms with Crippen LogP contribution in [0.4, 0.5) is 4.39 Å². The van der Waals surface area contributed by atoms with E-state index < -0.39 is 5.82 Å². The zero-order chi connectivity index (χ0) is 10.8. The Hall–Kier alpha value is -0.840. The normalized spacial score (nSPS) is 21.6. The van der Waals surface area contributed by atoms with Gasteiger partial charge in [0.1, 0.15) is 0 Å². The highest BCUT2D eigenvalue weighted by Crippen LogP contribution is 2.30. The van der Waals surface area contributed by atoms with Gasteiger partial charge in [0.2, 0.25) is 0 Å². The van der Waals surface area contributed by atoms with Gasteiger partial charge in [-0.3, -0.25) is 0 Å². The molecule has 0 spiro atoms. The van der Waals surface area contributed by atoms with Gasteiger partial charge in [0.05, 0.1) is 0 Å². The minimum atomic E-state index is -0.676. The van der Waals surface area contributed by atoms with Gasteiger partial charge < -0.3 is 15.7 Å². The lowest BCUT2D eigenvalue weighted by Gasteiger charge is -2.25. The second-order valence-electron chi connectivity index (χ2n) is 3.54. The molecular formula is C10H12ClFN2O. The van der Waals surface area contributed by atoms with Crippen LogP contribution in [0.15, 0.2) is 12.1 Å². The van der Waals surface area contributed by atoms with Crippen molar-refractivity contribution in [3.05, 3.63) is 28.5 Å². The van der Waals surface area contributed by atoms with Crippen LogP contribution in [0.5, 0.6) is 5.75 Å². The summed E-state index contributed by atoms with van der Waals surface area (Å²) in [4.78, 5) is 0. The highest BCUT2D eigenvalue weighted by atomic mass is 35.5. The number of hydrogen-bond donors (Lipinski definition) is 3. The standard InChI is InChI=1S/C10H12ClFN2O/c11-6-3-7(10(15)8(12)4-6)9-5-13-1-2-14-9/h3-4,9,13-15H,1-2,5H2/t9-/m0/s1. The summed E-state index contributed by atoms with van der Waals surface area (Å²) in [6.07, 6.45) is 0. The molecule has 1 aromatic rings. The highest BCUT2D eigenvalue weighted by Gasteiger charge is 2.20. The molecule has 3 N–H and O–H groups in total. The molecule has 1 aromatic carbocycles. The third kappa shape index (κ3) is 2.22. The van der Waals surface area contributed by atoms with Gasteiger partial charge in [-0.1, -0.05) is 11.6 Å². The fraction of sp³-hybridized carbons (Fsp3) is 0.400. The van der Waals surface area contributed by atoms with Crippen molar-refractivity contribution < 1.29 is 9.50 Å². The van der Waals surface area contributed by atoms with Crippen molar-refractivity contribution >= 4 is 11.6 Å². The van der Waals surface area contributed by atoms with Crippen LogP contribution in [0.25, 0.3) is 0 Å². The second-order valence-corrected chi connectivity index (χ2v) is 3.97. The summed E-state index contributed by atoms with van der Waals surface area (Å²) in [7, 11) is 0. The summed E-state index contributed by atoms with van der Waals surface area (Å²) >= 11 is 5.74.